The average molecular weight is 342 g/mol. The number of imidazole rings is 1. The number of hydrogen-bond acceptors (Lipinski definition) is 3. The van der Waals surface area contributed by atoms with Crippen LogP contribution in [0, 0.1) is 5.92 Å². The molecular weight excluding hydrogens is 316 g/mol. The van der Waals surface area contributed by atoms with Crippen molar-refractivity contribution in [1.29, 1.82) is 0 Å². The first-order valence-electron chi connectivity index (χ1n) is 9.31. The predicted octanol–water partition coefficient (Wildman–Crippen LogP) is 2.43. The molecule has 134 valence electrons. The fourth-order valence-corrected chi connectivity index (χ4v) is 4.46. The van der Waals surface area contributed by atoms with E-state index in [-0.39, 0.29) is 23.8 Å². The SMILES string of the molecule is CC(C)n1c(=O)n(C(=O)NC2CCN3CCCC2C3)c2ccccc21. The summed E-state index contributed by atoms with van der Waals surface area (Å²) in [6.07, 6.45) is 3.32. The van der Waals surface area contributed by atoms with E-state index >= 15 is 0 Å². The van der Waals surface area contributed by atoms with Crippen LogP contribution in [0.1, 0.15) is 39.2 Å². The van der Waals surface area contributed by atoms with Gasteiger partial charge in [0.25, 0.3) is 0 Å². The van der Waals surface area contributed by atoms with Crippen LogP contribution in [0.3, 0.4) is 0 Å². The Kier molecular flexibility index (Phi) is 4.15. The molecule has 3 atom stereocenters. The molecule has 3 unspecified atom stereocenters. The third-order valence-corrected chi connectivity index (χ3v) is 5.68. The minimum Gasteiger partial charge on any atom is -0.334 e. The van der Waals surface area contributed by atoms with Crippen molar-refractivity contribution < 1.29 is 4.79 Å². The molecular formula is C19H26N4O2. The first-order valence-corrected chi connectivity index (χ1v) is 9.31. The maximum atomic E-state index is 13.0. The van der Waals surface area contributed by atoms with E-state index in [1.165, 1.54) is 17.5 Å². The van der Waals surface area contributed by atoms with Gasteiger partial charge in [-0.05, 0) is 57.7 Å². The van der Waals surface area contributed by atoms with Crippen LogP contribution < -0.4 is 11.0 Å². The van der Waals surface area contributed by atoms with Crippen molar-refractivity contribution in [3.8, 4) is 0 Å². The van der Waals surface area contributed by atoms with Crippen molar-refractivity contribution in [3.05, 3.63) is 34.7 Å². The van der Waals surface area contributed by atoms with Gasteiger partial charge in [0.2, 0.25) is 0 Å². The van der Waals surface area contributed by atoms with Gasteiger partial charge in [-0.15, -0.1) is 0 Å². The molecule has 0 saturated carbocycles. The molecule has 2 fully saturated rings. The molecule has 1 aromatic heterocycles. The zero-order valence-electron chi connectivity index (χ0n) is 14.9. The summed E-state index contributed by atoms with van der Waals surface area (Å²) in [5, 5.41) is 3.16. The molecule has 6 heteroatoms. The van der Waals surface area contributed by atoms with E-state index in [0.717, 1.165) is 31.4 Å². The highest BCUT2D eigenvalue weighted by Gasteiger charge is 2.33. The Balaban J connectivity index is 1.66. The quantitative estimate of drug-likeness (QED) is 0.912. The standard InChI is InChI=1S/C19H26N4O2/c1-13(2)22-16-7-3-4-8-17(16)23(19(22)25)18(24)20-15-9-11-21-10-5-6-14(15)12-21/h3-4,7-8,13-15H,5-6,9-12H2,1-2H3,(H,20,24). The number of fused-ring (bicyclic) bond motifs is 3. The van der Waals surface area contributed by atoms with Gasteiger partial charge in [0.1, 0.15) is 0 Å². The van der Waals surface area contributed by atoms with E-state index in [1.807, 2.05) is 38.1 Å². The number of nitrogens with one attached hydrogen (secondary N) is 1. The van der Waals surface area contributed by atoms with Crippen molar-refractivity contribution in [2.75, 3.05) is 19.6 Å². The summed E-state index contributed by atoms with van der Waals surface area (Å²) in [6, 6.07) is 7.41. The summed E-state index contributed by atoms with van der Waals surface area (Å²) >= 11 is 0. The van der Waals surface area contributed by atoms with Gasteiger partial charge in [-0.3, -0.25) is 4.57 Å². The van der Waals surface area contributed by atoms with Gasteiger partial charge in [-0.25, -0.2) is 14.2 Å². The third-order valence-electron chi connectivity index (χ3n) is 5.68. The molecule has 2 saturated heterocycles. The monoisotopic (exact) mass is 342 g/mol. The third kappa shape index (κ3) is 2.78. The second-order valence-corrected chi connectivity index (χ2v) is 7.62. The lowest BCUT2D eigenvalue weighted by Gasteiger charge is -2.42. The predicted molar refractivity (Wildman–Crippen MR) is 98.1 cm³/mol. The summed E-state index contributed by atoms with van der Waals surface area (Å²) in [6.45, 7) is 7.21. The Morgan fingerprint density at radius 3 is 2.68 bits per heavy atom. The Morgan fingerprint density at radius 1 is 1.16 bits per heavy atom. The zero-order valence-corrected chi connectivity index (χ0v) is 14.9. The van der Waals surface area contributed by atoms with Crippen LogP contribution in [0.4, 0.5) is 4.79 Å². The van der Waals surface area contributed by atoms with Crippen LogP contribution in [0.5, 0.6) is 0 Å². The number of amides is 1. The fraction of sp³-hybridized carbons (Fsp3) is 0.579. The van der Waals surface area contributed by atoms with Crippen molar-refractivity contribution in [1.82, 2.24) is 19.4 Å². The van der Waals surface area contributed by atoms with Crippen LogP contribution >= 0.6 is 0 Å². The smallest absolute Gasteiger partial charge is 0.334 e. The number of carbonyl (C=O) groups is 1. The highest BCUT2D eigenvalue weighted by molar-refractivity contribution is 5.89. The van der Waals surface area contributed by atoms with Gasteiger partial charge in [0.05, 0.1) is 11.0 Å². The van der Waals surface area contributed by atoms with E-state index in [0.29, 0.717) is 11.4 Å². The van der Waals surface area contributed by atoms with Crippen molar-refractivity contribution in [2.24, 2.45) is 5.92 Å². The molecule has 2 bridgehead atoms. The maximum absolute atomic E-state index is 13.0. The second-order valence-electron chi connectivity index (χ2n) is 7.62. The van der Waals surface area contributed by atoms with Crippen molar-refractivity contribution in [2.45, 2.75) is 45.2 Å². The lowest BCUT2D eigenvalue weighted by atomic mass is 9.85. The lowest BCUT2D eigenvalue weighted by molar-refractivity contribution is 0.0952. The highest BCUT2D eigenvalue weighted by Crippen LogP contribution is 2.26. The van der Waals surface area contributed by atoms with Crippen LogP contribution in [-0.4, -0.2) is 45.7 Å². The number of aromatic nitrogens is 2. The normalized spacial score (nSPS) is 26.1. The maximum Gasteiger partial charge on any atom is 0.337 e. The van der Waals surface area contributed by atoms with Gasteiger partial charge in [-0.2, -0.15) is 0 Å². The van der Waals surface area contributed by atoms with E-state index in [9.17, 15) is 9.59 Å². The Bertz CT molecular complexity index is 851. The highest BCUT2D eigenvalue weighted by atomic mass is 16.2. The van der Waals surface area contributed by atoms with Gasteiger partial charge < -0.3 is 10.2 Å². The van der Waals surface area contributed by atoms with Gasteiger partial charge in [0, 0.05) is 25.2 Å². The van der Waals surface area contributed by atoms with E-state index in [2.05, 4.69) is 10.2 Å². The van der Waals surface area contributed by atoms with Gasteiger partial charge >= 0.3 is 11.7 Å². The fourth-order valence-electron chi connectivity index (χ4n) is 4.46. The number of hydrogen-bond donors (Lipinski definition) is 1. The minimum absolute atomic E-state index is 0.00744. The summed E-state index contributed by atoms with van der Waals surface area (Å²) in [5.41, 5.74) is 1.24. The number of carbonyl (C=O) groups excluding carboxylic acids is 1. The molecule has 25 heavy (non-hydrogen) atoms. The number of piperidine rings is 2. The number of benzene rings is 1. The first-order chi connectivity index (χ1) is 12.1. The molecule has 0 radical (unpaired) electrons. The summed E-state index contributed by atoms with van der Waals surface area (Å²) in [5.74, 6) is 0.501. The van der Waals surface area contributed by atoms with E-state index in [4.69, 9.17) is 0 Å². The minimum atomic E-state index is -0.287. The van der Waals surface area contributed by atoms with Crippen LogP contribution in [0.2, 0.25) is 0 Å². The van der Waals surface area contributed by atoms with Gasteiger partial charge in [-0.1, -0.05) is 12.1 Å². The molecule has 0 aliphatic carbocycles. The second kappa shape index (κ2) is 6.33. The molecule has 6 nitrogen and oxygen atoms in total. The van der Waals surface area contributed by atoms with Crippen LogP contribution in [0.15, 0.2) is 29.1 Å². The van der Waals surface area contributed by atoms with Crippen molar-refractivity contribution >= 4 is 17.1 Å². The Morgan fingerprint density at radius 2 is 1.92 bits per heavy atom. The van der Waals surface area contributed by atoms with Gasteiger partial charge in [0.15, 0.2) is 0 Å². The summed E-state index contributed by atoms with van der Waals surface area (Å²) < 4.78 is 3.00. The zero-order chi connectivity index (χ0) is 17.6. The largest absolute Gasteiger partial charge is 0.337 e. The Hall–Kier alpha value is -2.08. The molecule has 4 rings (SSSR count). The summed E-state index contributed by atoms with van der Waals surface area (Å²) in [7, 11) is 0. The molecule has 0 spiro atoms. The number of rotatable bonds is 2. The van der Waals surface area contributed by atoms with Crippen LogP contribution in [-0.2, 0) is 0 Å². The molecule has 2 aliphatic heterocycles. The summed E-state index contributed by atoms with van der Waals surface area (Å²) in [4.78, 5) is 28.3. The number of para-hydroxylation sites is 2. The van der Waals surface area contributed by atoms with E-state index < -0.39 is 0 Å². The lowest BCUT2D eigenvalue weighted by Crippen LogP contribution is -2.54. The molecule has 2 aliphatic rings. The molecule has 1 N–H and O–H groups in total. The molecule has 1 amide bonds. The average Bonchev–Trinajstić information content (AvgIpc) is 2.90. The number of nitrogens with zero attached hydrogens (tertiary/aromatic N) is 3. The Labute approximate surface area is 147 Å². The van der Waals surface area contributed by atoms with Crippen molar-refractivity contribution in [3.63, 3.8) is 0 Å². The van der Waals surface area contributed by atoms with E-state index in [1.54, 1.807) is 4.57 Å². The first kappa shape index (κ1) is 16.4. The molecule has 3 heterocycles. The molecule has 1 aromatic carbocycles. The molecule has 2 aromatic rings. The topological polar surface area (TPSA) is 59.3 Å². The van der Waals surface area contributed by atoms with Crippen LogP contribution in [0.25, 0.3) is 11.0 Å².